The van der Waals surface area contributed by atoms with Crippen LogP contribution in [0.1, 0.15) is 29.5 Å². The number of rotatable bonds is 5. The molecule has 6 nitrogen and oxygen atoms in total. The third-order valence-corrected chi connectivity index (χ3v) is 3.41. The van der Waals surface area contributed by atoms with Gasteiger partial charge in [0.05, 0.1) is 5.56 Å². The number of benzene rings is 1. The van der Waals surface area contributed by atoms with Crippen LogP contribution < -0.4 is 0 Å². The number of hydrogen-bond donors (Lipinski definition) is 0. The van der Waals surface area contributed by atoms with Gasteiger partial charge in [-0.15, -0.1) is 5.10 Å². The Hall–Kier alpha value is -1.51. The van der Waals surface area contributed by atoms with Crippen LogP contribution in [0.2, 0.25) is 0 Å². The Bertz CT molecular complexity index is 570. The number of carbonyl (C=O) groups excluding carboxylic acids is 1. The number of ether oxygens (including phenoxy) is 1. The summed E-state index contributed by atoms with van der Waals surface area (Å²) < 4.78 is 7.73. The number of aryl methyl sites for hydroxylation is 1. The molecule has 1 aromatic heterocycles. The number of tetrazole rings is 1. The Labute approximate surface area is 124 Å². The minimum atomic E-state index is -0.365. The maximum Gasteiger partial charge on any atom is 0.339 e. The van der Waals surface area contributed by atoms with Gasteiger partial charge in [-0.1, -0.05) is 19.1 Å². The van der Waals surface area contributed by atoms with E-state index in [1.165, 1.54) is 0 Å². The molecule has 0 aliphatic heterocycles. The second kappa shape index (κ2) is 6.60. The van der Waals surface area contributed by atoms with Crippen molar-refractivity contribution in [1.29, 1.82) is 0 Å². The summed E-state index contributed by atoms with van der Waals surface area (Å²) in [6, 6.07) is 7.28. The summed E-state index contributed by atoms with van der Waals surface area (Å²) in [5, 5.41) is 11.3. The van der Waals surface area contributed by atoms with Crippen LogP contribution in [0.25, 0.3) is 0 Å². The molecule has 19 heavy (non-hydrogen) atoms. The molecule has 0 atom stereocenters. The zero-order valence-corrected chi connectivity index (χ0v) is 12.6. The molecule has 0 radical (unpaired) electrons. The van der Waals surface area contributed by atoms with Gasteiger partial charge in [0.15, 0.2) is 12.4 Å². The molecule has 0 unspecified atom stereocenters. The summed E-state index contributed by atoms with van der Waals surface area (Å²) in [6.07, 6.45) is 0.919. The molecule has 2 rings (SSSR count). The molecule has 0 amide bonds. The minimum absolute atomic E-state index is 0.0802. The molecule has 7 heteroatoms. The van der Waals surface area contributed by atoms with Gasteiger partial charge < -0.3 is 4.74 Å². The Kier molecular flexibility index (Phi) is 4.83. The van der Waals surface area contributed by atoms with Gasteiger partial charge in [0.2, 0.25) is 0 Å². The zero-order valence-electron chi connectivity index (χ0n) is 10.4. The number of hydrogen-bond acceptors (Lipinski definition) is 5. The topological polar surface area (TPSA) is 69.9 Å². The highest BCUT2D eigenvalue weighted by Gasteiger charge is 2.13. The third-order valence-electron chi connectivity index (χ3n) is 2.47. The van der Waals surface area contributed by atoms with Crippen LogP contribution in [0, 0.1) is 3.57 Å². The molecule has 0 fully saturated rings. The molecular formula is C12H13IN4O2. The van der Waals surface area contributed by atoms with Gasteiger partial charge in [-0.2, -0.15) is 0 Å². The first-order chi connectivity index (χ1) is 9.22. The molecule has 0 aliphatic rings. The van der Waals surface area contributed by atoms with Gasteiger partial charge in [0.25, 0.3) is 0 Å². The largest absolute Gasteiger partial charge is 0.454 e. The quantitative estimate of drug-likeness (QED) is 0.594. The maximum absolute atomic E-state index is 11.9. The average Bonchev–Trinajstić information content (AvgIpc) is 2.84. The van der Waals surface area contributed by atoms with Crippen LogP contribution in [0.15, 0.2) is 24.3 Å². The van der Waals surface area contributed by atoms with E-state index in [0.29, 0.717) is 17.9 Å². The van der Waals surface area contributed by atoms with Crippen LogP contribution in [0.4, 0.5) is 0 Å². The predicted molar refractivity (Wildman–Crippen MR) is 76.4 cm³/mol. The summed E-state index contributed by atoms with van der Waals surface area (Å²) in [5.41, 5.74) is 0.553. The van der Waals surface area contributed by atoms with Crippen molar-refractivity contribution < 1.29 is 9.53 Å². The lowest BCUT2D eigenvalue weighted by atomic mass is 10.2. The smallest absolute Gasteiger partial charge is 0.339 e. The zero-order chi connectivity index (χ0) is 13.7. The maximum atomic E-state index is 11.9. The standard InChI is InChI=1S/C12H13IN4O2/c1-2-7-17-11(14-15-16-17)8-19-12(18)9-5-3-4-6-10(9)13/h3-6H,2,7-8H2,1H3. The van der Waals surface area contributed by atoms with E-state index in [-0.39, 0.29) is 12.6 Å². The Morgan fingerprint density at radius 1 is 1.42 bits per heavy atom. The lowest BCUT2D eigenvalue weighted by molar-refractivity contribution is 0.0455. The van der Waals surface area contributed by atoms with E-state index < -0.39 is 0 Å². The van der Waals surface area contributed by atoms with Gasteiger partial charge in [-0.25, -0.2) is 9.48 Å². The molecule has 0 N–H and O–H groups in total. The highest BCUT2D eigenvalue weighted by molar-refractivity contribution is 14.1. The van der Waals surface area contributed by atoms with E-state index in [2.05, 4.69) is 38.1 Å². The highest BCUT2D eigenvalue weighted by Crippen LogP contribution is 2.13. The van der Waals surface area contributed by atoms with Crippen molar-refractivity contribution in [1.82, 2.24) is 20.2 Å². The molecule has 2 aromatic rings. The van der Waals surface area contributed by atoms with E-state index in [4.69, 9.17) is 4.74 Å². The first-order valence-electron chi connectivity index (χ1n) is 5.89. The van der Waals surface area contributed by atoms with Crippen molar-refractivity contribution in [2.45, 2.75) is 26.5 Å². The summed E-state index contributed by atoms with van der Waals surface area (Å²) in [5.74, 6) is 0.192. The molecule has 0 aliphatic carbocycles. The second-order valence-corrected chi connectivity index (χ2v) is 5.04. The molecule has 1 aromatic carbocycles. The van der Waals surface area contributed by atoms with Crippen LogP contribution in [0.5, 0.6) is 0 Å². The lowest BCUT2D eigenvalue weighted by Gasteiger charge is -2.06. The highest BCUT2D eigenvalue weighted by atomic mass is 127. The fourth-order valence-corrected chi connectivity index (χ4v) is 2.15. The minimum Gasteiger partial charge on any atom is -0.454 e. The van der Waals surface area contributed by atoms with Gasteiger partial charge in [-0.05, 0) is 51.6 Å². The third kappa shape index (κ3) is 3.49. The van der Waals surface area contributed by atoms with Gasteiger partial charge in [0, 0.05) is 10.1 Å². The summed E-state index contributed by atoms with van der Waals surface area (Å²) in [6.45, 7) is 2.82. The van der Waals surface area contributed by atoms with E-state index in [1.807, 2.05) is 19.1 Å². The first-order valence-corrected chi connectivity index (χ1v) is 6.97. The average molecular weight is 372 g/mol. The van der Waals surface area contributed by atoms with Gasteiger partial charge in [0.1, 0.15) is 0 Å². The van der Waals surface area contributed by atoms with Crippen LogP contribution in [-0.2, 0) is 17.9 Å². The number of aromatic nitrogens is 4. The molecule has 0 bridgehead atoms. The number of nitrogens with zero attached hydrogens (tertiary/aromatic N) is 4. The van der Waals surface area contributed by atoms with E-state index in [0.717, 1.165) is 9.99 Å². The van der Waals surface area contributed by atoms with E-state index in [1.54, 1.807) is 16.8 Å². The number of halogens is 1. The molecule has 1 heterocycles. The van der Waals surface area contributed by atoms with Crippen LogP contribution in [0.3, 0.4) is 0 Å². The van der Waals surface area contributed by atoms with Gasteiger partial charge in [-0.3, -0.25) is 0 Å². The predicted octanol–water partition coefficient (Wildman–Crippen LogP) is 2.04. The normalized spacial score (nSPS) is 10.4. The molecule has 0 saturated carbocycles. The van der Waals surface area contributed by atoms with Crippen molar-refractivity contribution in [3.05, 3.63) is 39.2 Å². The molecule has 0 saturated heterocycles. The SMILES string of the molecule is CCCn1nnnc1COC(=O)c1ccccc1I. The second-order valence-electron chi connectivity index (χ2n) is 3.87. The first kappa shape index (κ1) is 13.9. The lowest BCUT2D eigenvalue weighted by Crippen LogP contribution is -2.11. The van der Waals surface area contributed by atoms with Crippen molar-refractivity contribution in [2.75, 3.05) is 0 Å². The van der Waals surface area contributed by atoms with Crippen LogP contribution in [-0.4, -0.2) is 26.2 Å². The molecule has 100 valence electrons. The summed E-state index contributed by atoms with van der Waals surface area (Å²) in [7, 11) is 0. The van der Waals surface area contributed by atoms with Crippen LogP contribution >= 0.6 is 22.6 Å². The number of esters is 1. The van der Waals surface area contributed by atoms with Crippen molar-refractivity contribution in [3.63, 3.8) is 0 Å². The van der Waals surface area contributed by atoms with Crippen molar-refractivity contribution >= 4 is 28.6 Å². The summed E-state index contributed by atoms with van der Waals surface area (Å²) >= 11 is 2.10. The van der Waals surface area contributed by atoms with E-state index >= 15 is 0 Å². The molecular weight excluding hydrogens is 359 g/mol. The van der Waals surface area contributed by atoms with Crippen molar-refractivity contribution in [3.8, 4) is 0 Å². The Morgan fingerprint density at radius 3 is 2.95 bits per heavy atom. The number of carbonyl (C=O) groups is 1. The Morgan fingerprint density at radius 2 is 2.21 bits per heavy atom. The fraction of sp³-hybridized carbons (Fsp3) is 0.333. The summed E-state index contributed by atoms with van der Waals surface area (Å²) in [4.78, 5) is 11.9. The van der Waals surface area contributed by atoms with E-state index in [9.17, 15) is 4.79 Å². The monoisotopic (exact) mass is 372 g/mol. The van der Waals surface area contributed by atoms with Gasteiger partial charge >= 0.3 is 5.97 Å². The fourth-order valence-electron chi connectivity index (χ4n) is 1.55. The Balaban J connectivity index is 2.01. The molecule has 0 spiro atoms. The van der Waals surface area contributed by atoms with Crippen molar-refractivity contribution in [2.24, 2.45) is 0 Å².